The molecule has 1 aromatic heterocycles. The highest BCUT2D eigenvalue weighted by molar-refractivity contribution is 9.10. The van der Waals surface area contributed by atoms with E-state index in [1.165, 1.54) is 6.20 Å². The van der Waals surface area contributed by atoms with Crippen LogP contribution in [0.4, 0.5) is 5.69 Å². The summed E-state index contributed by atoms with van der Waals surface area (Å²) in [7, 11) is 0. The smallest absolute Gasteiger partial charge is 0.255 e. The Morgan fingerprint density at radius 3 is 2.78 bits per heavy atom. The molecule has 1 heterocycles. The third kappa shape index (κ3) is 1.47. The Morgan fingerprint density at radius 2 is 2.33 bits per heavy atom. The van der Waals surface area contributed by atoms with Crippen molar-refractivity contribution in [2.24, 2.45) is 0 Å². The van der Waals surface area contributed by atoms with Gasteiger partial charge in [0.05, 0.1) is 6.07 Å². The molecule has 1 aromatic rings. The molecule has 0 atom stereocenters. The second-order valence-electron chi connectivity index (χ2n) is 1.46. The van der Waals surface area contributed by atoms with Crippen molar-refractivity contribution in [3.8, 4) is 0 Å². The molecule has 0 spiro atoms. The van der Waals surface area contributed by atoms with Crippen LogP contribution in [0.1, 0.15) is 0 Å². The van der Waals surface area contributed by atoms with Gasteiger partial charge >= 0.3 is 5.69 Å². The Bertz CT molecular complexity index is 253. The number of halogens is 1. The lowest BCUT2D eigenvalue weighted by molar-refractivity contribution is 1.31. The van der Waals surface area contributed by atoms with Gasteiger partial charge in [0.15, 0.2) is 4.98 Å². The van der Waals surface area contributed by atoms with Gasteiger partial charge in [-0.2, -0.15) is 0 Å². The first-order valence-corrected chi connectivity index (χ1v) is 3.08. The summed E-state index contributed by atoms with van der Waals surface area (Å²) in [6.07, 6.45) is 3.08. The van der Waals surface area contributed by atoms with Crippen molar-refractivity contribution < 1.29 is 0 Å². The minimum atomic E-state index is 0.448. The maximum atomic E-state index is 8.23. The van der Waals surface area contributed by atoms with Crippen molar-refractivity contribution >= 4 is 21.6 Å². The summed E-state index contributed by atoms with van der Waals surface area (Å²) in [6.45, 7) is 0. The van der Waals surface area contributed by atoms with Crippen LogP contribution in [0, 0.1) is 5.39 Å². The third-order valence-corrected chi connectivity index (χ3v) is 1.24. The van der Waals surface area contributed by atoms with Crippen molar-refractivity contribution in [2.45, 2.75) is 0 Å². The summed E-state index contributed by atoms with van der Waals surface area (Å²) in [5.41, 5.74) is 0.448. The van der Waals surface area contributed by atoms with E-state index in [1.807, 2.05) is 0 Å². The average molecular weight is 185 g/mol. The van der Waals surface area contributed by atoms with Crippen LogP contribution in [0.25, 0.3) is 4.98 Å². The number of rotatable bonds is 0. The highest BCUT2D eigenvalue weighted by atomic mass is 79.9. The number of aromatic nitrogens is 1. The Labute approximate surface area is 60.5 Å². The fourth-order valence-electron chi connectivity index (χ4n) is 0.455. The van der Waals surface area contributed by atoms with Gasteiger partial charge in [-0.25, -0.2) is 0 Å². The molecule has 4 heteroatoms. The lowest BCUT2D eigenvalue weighted by Crippen LogP contribution is -1.67. The quantitative estimate of drug-likeness (QED) is 0.582. The van der Waals surface area contributed by atoms with E-state index in [2.05, 4.69) is 25.9 Å². The molecule has 0 fully saturated rings. The first kappa shape index (κ1) is 6.17. The van der Waals surface area contributed by atoms with Gasteiger partial charge in [-0.3, -0.25) is 4.98 Å². The van der Waals surface area contributed by atoms with Gasteiger partial charge < -0.3 is 0 Å². The number of diazo groups is 1. The van der Waals surface area contributed by atoms with Crippen LogP contribution < -0.4 is 0 Å². The summed E-state index contributed by atoms with van der Waals surface area (Å²) >= 11 is 3.17. The zero-order valence-electron chi connectivity index (χ0n) is 4.45. The lowest BCUT2D eigenvalue weighted by atomic mass is 10.4. The second-order valence-corrected chi connectivity index (χ2v) is 2.38. The molecule has 0 saturated heterocycles. The summed E-state index contributed by atoms with van der Waals surface area (Å²) in [6, 6.07) is 1.66. The molecule has 0 amide bonds. The summed E-state index contributed by atoms with van der Waals surface area (Å²) < 4.78 is 0.804. The van der Waals surface area contributed by atoms with Gasteiger partial charge in [-0.15, -0.1) is 0 Å². The lowest BCUT2D eigenvalue weighted by Gasteiger charge is -1.78. The van der Waals surface area contributed by atoms with Crippen LogP contribution in [0.5, 0.6) is 0 Å². The van der Waals surface area contributed by atoms with Crippen molar-refractivity contribution in [2.75, 3.05) is 0 Å². The zero-order chi connectivity index (χ0) is 6.69. The summed E-state index contributed by atoms with van der Waals surface area (Å²) in [4.78, 5) is 6.69. The molecular formula is C5H3BrN3+. The van der Waals surface area contributed by atoms with E-state index >= 15 is 0 Å². The minimum absolute atomic E-state index is 0.448. The molecular weight excluding hydrogens is 182 g/mol. The molecule has 44 valence electrons. The van der Waals surface area contributed by atoms with Crippen molar-refractivity contribution in [3.63, 3.8) is 0 Å². The monoisotopic (exact) mass is 184 g/mol. The molecule has 0 bridgehead atoms. The highest BCUT2D eigenvalue weighted by Gasteiger charge is 2.02. The van der Waals surface area contributed by atoms with Crippen molar-refractivity contribution in [3.05, 3.63) is 27.9 Å². The zero-order valence-corrected chi connectivity index (χ0v) is 6.04. The maximum absolute atomic E-state index is 8.23. The molecule has 9 heavy (non-hydrogen) atoms. The van der Waals surface area contributed by atoms with Crippen molar-refractivity contribution in [1.82, 2.24) is 4.98 Å². The molecule has 1 rings (SSSR count). The van der Waals surface area contributed by atoms with Crippen LogP contribution in [-0.4, -0.2) is 4.98 Å². The Morgan fingerprint density at radius 1 is 1.56 bits per heavy atom. The molecule has 0 unspecified atom stereocenters. The minimum Gasteiger partial charge on any atom is -0.255 e. The highest BCUT2D eigenvalue weighted by Crippen LogP contribution is 2.15. The normalized spacial score (nSPS) is 8.44. The van der Waals surface area contributed by atoms with E-state index in [1.54, 1.807) is 12.3 Å². The van der Waals surface area contributed by atoms with Gasteiger partial charge in [0.2, 0.25) is 5.39 Å². The maximum Gasteiger partial charge on any atom is 0.404 e. The van der Waals surface area contributed by atoms with Gasteiger partial charge in [0.1, 0.15) is 6.20 Å². The molecule has 0 N–H and O–H groups in total. The van der Waals surface area contributed by atoms with Crippen LogP contribution in [0.2, 0.25) is 0 Å². The molecule has 0 aliphatic heterocycles. The standard InChI is InChI=1S/C5H3BrN3/c6-4-1-5(9-7)3-8-2-4/h1-3H/q+1. The van der Waals surface area contributed by atoms with Crippen LogP contribution in [0.15, 0.2) is 22.9 Å². The van der Waals surface area contributed by atoms with Gasteiger partial charge in [0.25, 0.3) is 0 Å². The van der Waals surface area contributed by atoms with E-state index < -0.39 is 0 Å². The number of hydrogen-bond acceptors (Lipinski definition) is 2. The first-order chi connectivity index (χ1) is 4.33. The van der Waals surface area contributed by atoms with E-state index in [9.17, 15) is 0 Å². The summed E-state index contributed by atoms with van der Waals surface area (Å²) in [5, 5.41) is 8.23. The van der Waals surface area contributed by atoms with Gasteiger partial charge in [0, 0.05) is 10.7 Å². The Balaban J connectivity index is 3.12. The Hall–Kier alpha value is -0.950. The van der Waals surface area contributed by atoms with Crippen LogP contribution >= 0.6 is 15.9 Å². The molecule has 0 aliphatic rings. The summed E-state index contributed by atoms with van der Waals surface area (Å²) in [5.74, 6) is 0. The number of nitrogens with zero attached hydrogens (tertiary/aromatic N) is 3. The first-order valence-electron chi connectivity index (χ1n) is 2.28. The van der Waals surface area contributed by atoms with E-state index in [0.29, 0.717) is 5.69 Å². The average Bonchev–Trinajstić information content (AvgIpc) is 1.88. The topological polar surface area (TPSA) is 41.0 Å². The third-order valence-electron chi connectivity index (χ3n) is 0.806. The predicted molar refractivity (Wildman–Crippen MR) is 36.7 cm³/mol. The van der Waals surface area contributed by atoms with E-state index in [-0.39, 0.29) is 0 Å². The van der Waals surface area contributed by atoms with Crippen LogP contribution in [0.3, 0.4) is 0 Å². The number of hydrogen-bond donors (Lipinski definition) is 0. The Kier molecular flexibility index (Phi) is 1.75. The van der Waals surface area contributed by atoms with E-state index in [4.69, 9.17) is 5.39 Å². The molecule has 0 aromatic carbocycles. The number of pyridine rings is 1. The SMILES string of the molecule is N#[N+]c1cncc(Br)c1. The van der Waals surface area contributed by atoms with Gasteiger partial charge in [-0.05, 0) is 15.9 Å². The van der Waals surface area contributed by atoms with E-state index in [0.717, 1.165) is 4.47 Å². The fraction of sp³-hybridized carbons (Fsp3) is 0. The molecule has 0 radical (unpaired) electrons. The second kappa shape index (κ2) is 2.55. The molecule has 0 aliphatic carbocycles. The fourth-order valence-corrected chi connectivity index (χ4v) is 0.808. The predicted octanol–water partition coefficient (Wildman–Crippen LogP) is 2.33. The van der Waals surface area contributed by atoms with Crippen molar-refractivity contribution in [1.29, 1.82) is 5.39 Å². The largest absolute Gasteiger partial charge is 0.404 e. The van der Waals surface area contributed by atoms with Crippen LogP contribution in [-0.2, 0) is 0 Å². The molecule has 3 nitrogen and oxygen atoms in total. The van der Waals surface area contributed by atoms with Gasteiger partial charge in [-0.1, -0.05) is 0 Å². The molecule has 0 saturated carbocycles.